The number of rotatable bonds is 38. The Bertz CT molecular complexity index is 736. The lowest BCUT2D eigenvalue weighted by Crippen LogP contribution is -2.30. The molecule has 0 aromatic heterocycles. The van der Waals surface area contributed by atoms with E-state index >= 15 is 0 Å². The average molecular weight is 695 g/mol. The van der Waals surface area contributed by atoms with Crippen LogP contribution < -0.4 is 0 Å². The molecule has 0 fully saturated rings. The summed E-state index contributed by atoms with van der Waals surface area (Å²) in [6.45, 7) is 8.87. The summed E-state index contributed by atoms with van der Waals surface area (Å²) in [4.78, 5) is 37.4. The van der Waals surface area contributed by atoms with Gasteiger partial charge >= 0.3 is 17.9 Å². The zero-order valence-electron chi connectivity index (χ0n) is 33.1. The molecule has 0 aliphatic rings. The van der Waals surface area contributed by atoms with Crippen LogP contribution in [-0.4, -0.2) is 37.2 Å². The van der Waals surface area contributed by atoms with Crippen LogP contribution in [0.5, 0.6) is 0 Å². The van der Waals surface area contributed by atoms with E-state index in [-0.39, 0.29) is 31.1 Å². The monoisotopic (exact) mass is 695 g/mol. The second-order valence-electron chi connectivity index (χ2n) is 15.1. The van der Waals surface area contributed by atoms with Crippen LogP contribution in [0.3, 0.4) is 0 Å². The van der Waals surface area contributed by atoms with Gasteiger partial charge in [0.1, 0.15) is 13.2 Å². The van der Waals surface area contributed by atoms with Crippen molar-refractivity contribution < 1.29 is 28.6 Å². The summed E-state index contributed by atoms with van der Waals surface area (Å²) in [5, 5.41) is 0. The van der Waals surface area contributed by atoms with E-state index in [0.717, 1.165) is 63.7 Å². The van der Waals surface area contributed by atoms with Crippen molar-refractivity contribution in [2.24, 2.45) is 5.92 Å². The zero-order valence-corrected chi connectivity index (χ0v) is 33.1. The Balaban J connectivity index is 4.22. The molecule has 0 N–H and O–H groups in total. The highest BCUT2D eigenvalue weighted by atomic mass is 16.6. The highest BCUT2D eigenvalue weighted by Gasteiger charge is 2.19. The van der Waals surface area contributed by atoms with Gasteiger partial charge in [-0.2, -0.15) is 0 Å². The lowest BCUT2D eigenvalue weighted by molar-refractivity contribution is -0.167. The molecule has 0 amide bonds. The molecule has 0 rings (SSSR count). The second-order valence-corrected chi connectivity index (χ2v) is 15.1. The van der Waals surface area contributed by atoms with Crippen LogP contribution in [0.15, 0.2) is 0 Å². The number of carbonyl (C=O) groups excluding carboxylic acids is 3. The quantitative estimate of drug-likeness (QED) is 0.0364. The van der Waals surface area contributed by atoms with Gasteiger partial charge in [-0.3, -0.25) is 14.4 Å². The molecule has 0 aromatic carbocycles. The third kappa shape index (κ3) is 37.5. The normalized spacial score (nSPS) is 11.9. The lowest BCUT2D eigenvalue weighted by atomic mass is 10.0. The molecule has 1 atom stereocenters. The van der Waals surface area contributed by atoms with E-state index < -0.39 is 6.10 Å². The van der Waals surface area contributed by atoms with E-state index in [1.54, 1.807) is 0 Å². The molecule has 0 heterocycles. The van der Waals surface area contributed by atoms with Gasteiger partial charge in [0, 0.05) is 19.3 Å². The highest BCUT2D eigenvalue weighted by Crippen LogP contribution is 2.15. The van der Waals surface area contributed by atoms with Crippen LogP contribution in [0.1, 0.15) is 233 Å². The maximum Gasteiger partial charge on any atom is 0.306 e. The fourth-order valence-electron chi connectivity index (χ4n) is 6.27. The molecule has 6 nitrogen and oxygen atoms in total. The lowest BCUT2D eigenvalue weighted by Gasteiger charge is -2.18. The van der Waals surface area contributed by atoms with Gasteiger partial charge in [0.25, 0.3) is 0 Å². The molecule has 6 heteroatoms. The van der Waals surface area contributed by atoms with Crippen LogP contribution in [0, 0.1) is 5.92 Å². The fraction of sp³-hybridized carbons (Fsp3) is 0.930. The van der Waals surface area contributed by atoms with Crippen molar-refractivity contribution >= 4 is 17.9 Å². The van der Waals surface area contributed by atoms with Crippen molar-refractivity contribution in [1.29, 1.82) is 0 Å². The van der Waals surface area contributed by atoms with E-state index in [1.165, 1.54) is 128 Å². The van der Waals surface area contributed by atoms with Crippen molar-refractivity contribution in [3.63, 3.8) is 0 Å². The summed E-state index contributed by atoms with van der Waals surface area (Å²) in [6.07, 6.45) is 35.4. The molecular weight excluding hydrogens is 612 g/mol. The molecule has 0 saturated carbocycles. The summed E-state index contributed by atoms with van der Waals surface area (Å²) in [5.41, 5.74) is 0. The zero-order chi connectivity index (χ0) is 36.0. The van der Waals surface area contributed by atoms with Gasteiger partial charge in [-0.15, -0.1) is 0 Å². The first-order valence-corrected chi connectivity index (χ1v) is 21.4. The Morgan fingerprint density at radius 2 is 0.673 bits per heavy atom. The highest BCUT2D eigenvalue weighted by molar-refractivity contribution is 5.71. The van der Waals surface area contributed by atoms with Gasteiger partial charge < -0.3 is 14.2 Å². The Hall–Kier alpha value is -1.59. The van der Waals surface area contributed by atoms with Crippen molar-refractivity contribution in [1.82, 2.24) is 0 Å². The SMILES string of the molecule is CCCCCCCCCCCCCCCCCC(=O)OC[C@H](COC(=O)CCCCCCCCC(C)C)OC(=O)CCCCCCCCC. The van der Waals surface area contributed by atoms with Gasteiger partial charge in [-0.25, -0.2) is 0 Å². The summed E-state index contributed by atoms with van der Waals surface area (Å²) in [7, 11) is 0. The predicted molar refractivity (Wildman–Crippen MR) is 206 cm³/mol. The molecule has 0 aliphatic heterocycles. The van der Waals surface area contributed by atoms with Crippen molar-refractivity contribution in [3.8, 4) is 0 Å². The van der Waals surface area contributed by atoms with Crippen molar-refractivity contribution in [3.05, 3.63) is 0 Å². The third-order valence-corrected chi connectivity index (χ3v) is 9.54. The van der Waals surface area contributed by atoms with Gasteiger partial charge in [-0.05, 0) is 25.2 Å². The molecule has 0 bridgehead atoms. The summed E-state index contributed by atoms with van der Waals surface area (Å²) in [5.74, 6) is -0.106. The number of carbonyl (C=O) groups is 3. The first-order chi connectivity index (χ1) is 23.9. The van der Waals surface area contributed by atoms with Crippen LogP contribution >= 0.6 is 0 Å². The minimum absolute atomic E-state index is 0.0655. The number of ether oxygens (including phenoxy) is 3. The van der Waals surface area contributed by atoms with Crippen molar-refractivity contribution in [2.75, 3.05) is 13.2 Å². The van der Waals surface area contributed by atoms with Gasteiger partial charge in [0.15, 0.2) is 6.10 Å². The Morgan fingerprint density at radius 1 is 0.388 bits per heavy atom. The molecule has 0 saturated heterocycles. The van der Waals surface area contributed by atoms with Crippen molar-refractivity contribution in [2.45, 2.75) is 239 Å². The molecular formula is C43H82O6. The predicted octanol–water partition coefficient (Wildman–Crippen LogP) is 13.2. The van der Waals surface area contributed by atoms with Gasteiger partial charge in [0.2, 0.25) is 0 Å². The summed E-state index contributed by atoms with van der Waals surface area (Å²) < 4.78 is 16.6. The van der Waals surface area contributed by atoms with Crippen LogP contribution in [0.25, 0.3) is 0 Å². The van der Waals surface area contributed by atoms with Gasteiger partial charge in [-0.1, -0.05) is 195 Å². The molecule has 49 heavy (non-hydrogen) atoms. The molecule has 0 radical (unpaired) electrons. The Morgan fingerprint density at radius 3 is 1.00 bits per heavy atom. The first kappa shape index (κ1) is 47.4. The smallest absolute Gasteiger partial charge is 0.306 e. The minimum Gasteiger partial charge on any atom is -0.462 e. The molecule has 0 spiro atoms. The number of hydrogen-bond acceptors (Lipinski definition) is 6. The van der Waals surface area contributed by atoms with Gasteiger partial charge in [0.05, 0.1) is 0 Å². The Labute approximate surface area is 304 Å². The van der Waals surface area contributed by atoms with Crippen LogP contribution in [0.2, 0.25) is 0 Å². The van der Waals surface area contributed by atoms with E-state index in [1.807, 2.05) is 0 Å². The third-order valence-electron chi connectivity index (χ3n) is 9.54. The molecule has 0 aliphatic carbocycles. The van der Waals surface area contributed by atoms with E-state index in [4.69, 9.17) is 14.2 Å². The topological polar surface area (TPSA) is 78.9 Å². The maximum atomic E-state index is 12.6. The standard InChI is InChI=1S/C43H82O6/c1-5-7-9-11-13-14-15-16-17-18-19-20-22-26-30-34-41(44)47-37-40(49-43(46)36-32-28-21-12-10-8-6-2)38-48-42(45)35-31-27-24-23-25-29-33-39(3)4/h39-40H,5-38H2,1-4H3/t40-/m1/s1. The average Bonchev–Trinajstić information content (AvgIpc) is 3.08. The Kier molecular flexibility index (Phi) is 36.4. The fourth-order valence-corrected chi connectivity index (χ4v) is 6.27. The van der Waals surface area contributed by atoms with Crippen LogP contribution in [0.4, 0.5) is 0 Å². The molecule has 0 unspecified atom stereocenters. The molecule has 0 aromatic rings. The first-order valence-electron chi connectivity index (χ1n) is 21.4. The van der Waals surface area contributed by atoms with E-state index in [9.17, 15) is 14.4 Å². The van der Waals surface area contributed by atoms with Crippen LogP contribution in [-0.2, 0) is 28.6 Å². The number of hydrogen-bond donors (Lipinski definition) is 0. The largest absolute Gasteiger partial charge is 0.462 e. The number of esters is 3. The summed E-state index contributed by atoms with van der Waals surface area (Å²) >= 11 is 0. The summed E-state index contributed by atoms with van der Waals surface area (Å²) in [6, 6.07) is 0. The van der Waals surface area contributed by atoms with E-state index in [2.05, 4.69) is 27.7 Å². The molecule has 290 valence electrons. The second kappa shape index (κ2) is 37.7. The minimum atomic E-state index is -0.757. The number of unbranched alkanes of at least 4 members (excludes halogenated alkanes) is 25. The van der Waals surface area contributed by atoms with E-state index in [0.29, 0.717) is 19.3 Å². The maximum absolute atomic E-state index is 12.6.